The molecule has 0 spiro atoms. The molecule has 0 aliphatic carbocycles. The lowest BCUT2D eigenvalue weighted by molar-refractivity contribution is -0.149. The number of amides is 2. The minimum Gasteiger partial charge on any atom is -0.480 e. The second-order valence-electron chi connectivity index (χ2n) is 5.01. The van der Waals surface area contributed by atoms with Gasteiger partial charge in [-0.1, -0.05) is 30.3 Å². The average Bonchev–Trinajstić information content (AvgIpc) is 3.02. The van der Waals surface area contributed by atoms with E-state index in [1.165, 1.54) is 12.0 Å². The fourth-order valence-electron chi connectivity index (χ4n) is 2.56. The summed E-state index contributed by atoms with van der Waals surface area (Å²) in [6.07, 6.45) is 0.303. The van der Waals surface area contributed by atoms with E-state index in [2.05, 4.69) is 10.1 Å². The number of nitrogens with one attached hydrogen (secondary N) is 1. The van der Waals surface area contributed by atoms with E-state index in [4.69, 9.17) is 0 Å². The lowest BCUT2D eigenvalue weighted by atomic mass is 10.1. The highest BCUT2D eigenvalue weighted by Gasteiger charge is 2.38. The number of aliphatic carboxylic acids is 1. The Labute approximate surface area is 127 Å². The van der Waals surface area contributed by atoms with Crippen LogP contribution in [0.3, 0.4) is 0 Å². The molecule has 2 atom stereocenters. The zero-order chi connectivity index (χ0) is 16.1. The Balaban J connectivity index is 2.26. The van der Waals surface area contributed by atoms with E-state index in [1.54, 1.807) is 30.3 Å². The molecule has 1 aromatic carbocycles. The largest absolute Gasteiger partial charge is 0.480 e. The molecule has 2 rings (SSSR count). The number of carboxylic acid groups (broad SMARTS) is 1. The maximum Gasteiger partial charge on any atom is 0.407 e. The van der Waals surface area contributed by atoms with Gasteiger partial charge in [0.25, 0.3) is 5.91 Å². The number of carbonyl (C=O) groups excluding carboxylic acids is 2. The number of likely N-dealkylation sites (tertiary alicyclic amines) is 1. The van der Waals surface area contributed by atoms with Gasteiger partial charge >= 0.3 is 12.1 Å². The third-order valence-electron chi connectivity index (χ3n) is 3.65. The Morgan fingerprint density at radius 1 is 1.32 bits per heavy atom. The van der Waals surface area contributed by atoms with Gasteiger partial charge in [0, 0.05) is 6.54 Å². The number of hydrogen-bond acceptors (Lipinski definition) is 4. The van der Waals surface area contributed by atoms with E-state index >= 15 is 0 Å². The van der Waals surface area contributed by atoms with Crippen molar-refractivity contribution in [2.75, 3.05) is 13.7 Å². The zero-order valence-corrected chi connectivity index (χ0v) is 12.2. The lowest BCUT2D eigenvalue weighted by Crippen LogP contribution is -2.47. The molecule has 22 heavy (non-hydrogen) atoms. The van der Waals surface area contributed by atoms with E-state index in [0.717, 1.165) is 0 Å². The molecule has 0 saturated carbocycles. The highest BCUT2D eigenvalue weighted by atomic mass is 16.5. The number of nitrogens with zero attached hydrogens (tertiary/aromatic N) is 1. The number of carbonyl (C=O) groups is 3. The van der Waals surface area contributed by atoms with Crippen LogP contribution < -0.4 is 5.32 Å². The van der Waals surface area contributed by atoms with Gasteiger partial charge in [-0.15, -0.1) is 0 Å². The molecule has 0 bridgehead atoms. The van der Waals surface area contributed by atoms with E-state index in [0.29, 0.717) is 24.9 Å². The van der Waals surface area contributed by atoms with Crippen molar-refractivity contribution in [2.24, 2.45) is 0 Å². The summed E-state index contributed by atoms with van der Waals surface area (Å²) in [7, 11) is 1.21. The van der Waals surface area contributed by atoms with E-state index < -0.39 is 30.1 Å². The molecule has 0 unspecified atom stereocenters. The average molecular weight is 306 g/mol. The molecule has 1 aliphatic rings. The fraction of sp³-hybridized carbons (Fsp3) is 0.400. The van der Waals surface area contributed by atoms with Crippen molar-refractivity contribution in [1.82, 2.24) is 10.2 Å². The Bertz CT molecular complexity index is 560. The quantitative estimate of drug-likeness (QED) is 0.870. The van der Waals surface area contributed by atoms with Gasteiger partial charge in [0.05, 0.1) is 7.11 Å². The Hall–Kier alpha value is -2.57. The molecule has 1 fully saturated rings. The maximum absolute atomic E-state index is 12.7. The number of alkyl carbamates (subject to hydrolysis) is 1. The number of methoxy groups -OCH3 is 1. The molecule has 7 heteroatoms. The number of ether oxygens (including phenoxy) is 1. The highest BCUT2D eigenvalue weighted by molar-refractivity contribution is 5.90. The standard InChI is InChI=1S/C15H18N2O5/c1-22-15(21)16-12(10-6-3-2-4-7-10)13(18)17-9-5-8-11(17)14(19)20/h2-4,6-7,11-12H,5,8-9H2,1H3,(H,16,21)(H,19,20)/t11-,12-/m0/s1. The predicted octanol–water partition coefficient (Wildman–Crippen LogP) is 1.16. The second-order valence-corrected chi connectivity index (χ2v) is 5.01. The number of rotatable bonds is 4. The summed E-state index contributed by atoms with van der Waals surface area (Å²) in [6.45, 7) is 0.363. The summed E-state index contributed by atoms with van der Waals surface area (Å²) in [5.41, 5.74) is 0.578. The zero-order valence-electron chi connectivity index (χ0n) is 12.2. The van der Waals surface area contributed by atoms with Crippen LogP contribution in [0.1, 0.15) is 24.4 Å². The van der Waals surface area contributed by atoms with Crippen LogP contribution in [0.15, 0.2) is 30.3 Å². The van der Waals surface area contributed by atoms with Crippen LogP contribution in [0, 0.1) is 0 Å². The number of carboxylic acids is 1. The molecule has 0 aromatic heterocycles. The van der Waals surface area contributed by atoms with Gasteiger partial charge in [-0.2, -0.15) is 0 Å². The molecular formula is C15H18N2O5. The third-order valence-corrected chi connectivity index (χ3v) is 3.65. The van der Waals surface area contributed by atoms with Gasteiger partial charge < -0.3 is 20.1 Å². The summed E-state index contributed by atoms with van der Waals surface area (Å²) in [6, 6.07) is 6.86. The lowest BCUT2D eigenvalue weighted by Gasteiger charge is -2.27. The molecule has 2 N–H and O–H groups in total. The topological polar surface area (TPSA) is 95.9 Å². The van der Waals surface area contributed by atoms with Crippen LogP contribution >= 0.6 is 0 Å². The smallest absolute Gasteiger partial charge is 0.407 e. The van der Waals surface area contributed by atoms with Gasteiger partial charge in [-0.25, -0.2) is 9.59 Å². The van der Waals surface area contributed by atoms with E-state index in [-0.39, 0.29) is 0 Å². The summed E-state index contributed by atoms with van der Waals surface area (Å²) < 4.78 is 4.55. The monoisotopic (exact) mass is 306 g/mol. The maximum atomic E-state index is 12.7. The van der Waals surface area contributed by atoms with Crippen molar-refractivity contribution in [1.29, 1.82) is 0 Å². The molecular weight excluding hydrogens is 288 g/mol. The summed E-state index contributed by atoms with van der Waals surface area (Å²) in [5.74, 6) is -1.47. The van der Waals surface area contributed by atoms with Crippen LogP contribution in [-0.4, -0.2) is 47.7 Å². The minimum absolute atomic E-state index is 0.363. The normalized spacial score (nSPS) is 18.6. The van der Waals surface area contributed by atoms with Gasteiger partial charge in [-0.05, 0) is 18.4 Å². The first-order chi connectivity index (χ1) is 10.5. The molecule has 0 radical (unpaired) electrons. The van der Waals surface area contributed by atoms with Crippen molar-refractivity contribution in [3.8, 4) is 0 Å². The summed E-state index contributed by atoms with van der Waals surface area (Å²) >= 11 is 0. The summed E-state index contributed by atoms with van der Waals surface area (Å²) in [4.78, 5) is 36.8. The Kier molecular flexibility index (Phi) is 4.98. The second kappa shape index (κ2) is 6.93. The number of hydrogen-bond donors (Lipinski definition) is 2. The van der Waals surface area contributed by atoms with Crippen LogP contribution in [0.2, 0.25) is 0 Å². The van der Waals surface area contributed by atoms with Crippen LogP contribution in [0.5, 0.6) is 0 Å². The molecule has 118 valence electrons. The third kappa shape index (κ3) is 3.36. The molecule has 1 saturated heterocycles. The SMILES string of the molecule is COC(=O)N[C@H](C(=O)N1CCC[C@H]1C(=O)O)c1ccccc1. The van der Waals surface area contributed by atoms with E-state index in [1.807, 2.05) is 0 Å². The molecule has 1 aliphatic heterocycles. The molecule has 7 nitrogen and oxygen atoms in total. The first kappa shape index (κ1) is 15.8. The highest BCUT2D eigenvalue weighted by Crippen LogP contribution is 2.23. The van der Waals surface area contributed by atoms with Gasteiger partial charge in [0.2, 0.25) is 0 Å². The van der Waals surface area contributed by atoms with Crippen molar-refractivity contribution in [3.63, 3.8) is 0 Å². The van der Waals surface area contributed by atoms with Crippen molar-refractivity contribution in [3.05, 3.63) is 35.9 Å². The predicted molar refractivity (Wildman–Crippen MR) is 77.1 cm³/mol. The van der Waals surface area contributed by atoms with Crippen LogP contribution in [0.25, 0.3) is 0 Å². The summed E-state index contributed by atoms with van der Waals surface area (Å²) in [5, 5.41) is 11.7. The van der Waals surface area contributed by atoms with Crippen molar-refractivity contribution in [2.45, 2.75) is 24.9 Å². The Morgan fingerprint density at radius 3 is 2.59 bits per heavy atom. The molecule has 1 heterocycles. The minimum atomic E-state index is -1.03. The van der Waals surface area contributed by atoms with Gasteiger partial charge in [-0.3, -0.25) is 4.79 Å². The fourth-order valence-corrected chi connectivity index (χ4v) is 2.56. The van der Waals surface area contributed by atoms with Crippen LogP contribution in [-0.2, 0) is 14.3 Å². The molecule has 2 amide bonds. The van der Waals surface area contributed by atoms with Crippen molar-refractivity contribution < 1.29 is 24.2 Å². The number of benzene rings is 1. The van der Waals surface area contributed by atoms with E-state index in [9.17, 15) is 19.5 Å². The Morgan fingerprint density at radius 2 is 2.00 bits per heavy atom. The first-order valence-corrected chi connectivity index (χ1v) is 6.97. The van der Waals surface area contributed by atoms with Gasteiger partial charge in [0.15, 0.2) is 0 Å². The first-order valence-electron chi connectivity index (χ1n) is 6.97. The van der Waals surface area contributed by atoms with Crippen LogP contribution in [0.4, 0.5) is 4.79 Å². The van der Waals surface area contributed by atoms with Crippen molar-refractivity contribution >= 4 is 18.0 Å². The van der Waals surface area contributed by atoms with Gasteiger partial charge in [0.1, 0.15) is 12.1 Å². The molecule has 1 aromatic rings.